The average Bonchev–Trinajstić information content (AvgIpc) is 3.19. The molecule has 2 amide bonds. The maximum Gasteiger partial charge on any atom is 0.235 e. The molecule has 0 aliphatic heterocycles. The average molecular weight is 432 g/mol. The molecule has 0 unspecified atom stereocenters. The minimum absolute atomic E-state index is 0.149. The first-order valence-electron chi connectivity index (χ1n) is 9.86. The van der Waals surface area contributed by atoms with E-state index in [1.54, 1.807) is 4.90 Å². The lowest BCUT2D eigenvalue weighted by Gasteiger charge is -2.20. The Labute approximate surface area is 184 Å². The van der Waals surface area contributed by atoms with Crippen molar-refractivity contribution in [2.75, 3.05) is 11.4 Å². The molecule has 0 spiro atoms. The van der Waals surface area contributed by atoms with Crippen LogP contribution in [-0.4, -0.2) is 23.3 Å². The van der Waals surface area contributed by atoms with Crippen LogP contribution < -0.4 is 15.0 Å². The normalized spacial score (nSPS) is 10.6. The molecule has 7 heteroatoms. The highest BCUT2D eigenvalue weighted by molar-refractivity contribution is 7.22. The highest BCUT2D eigenvalue weighted by Crippen LogP contribution is 2.35. The first-order valence-corrected chi connectivity index (χ1v) is 10.7. The van der Waals surface area contributed by atoms with Crippen LogP contribution in [0.25, 0.3) is 10.2 Å². The number of thiazole rings is 1. The molecule has 3 aromatic carbocycles. The third-order valence-corrected chi connectivity index (χ3v) is 5.53. The number of amides is 2. The number of hydrogen-bond acceptors (Lipinski definition) is 5. The van der Waals surface area contributed by atoms with Crippen LogP contribution in [0.1, 0.15) is 13.3 Å². The van der Waals surface area contributed by atoms with Crippen LogP contribution in [0.2, 0.25) is 0 Å². The molecule has 0 atom stereocenters. The summed E-state index contributed by atoms with van der Waals surface area (Å²) >= 11 is 1.45. The van der Waals surface area contributed by atoms with Gasteiger partial charge in [0.05, 0.1) is 15.9 Å². The van der Waals surface area contributed by atoms with Gasteiger partial charge >= 0.3 is 0 Å². The second-order valence-electron chi connectivity index (χ2n) is 6.84. The molecule has 6 nitrogen and oxygen atoms in total. The van der Waals surface area contributed by atoms with E-state index in [0.717, 1.165) is 16.0 Å². The third kappa shape index (κ3) is 5.07. The van der Waals surface area contributed by atoms with Crippen molar-refractivity contribution in [2.45, 2.75) is 13.3 Å². The number of anilines is 2. The van der Waals surface area contributed by atoms with Crippen LogP contribution in [0, 0.1) is 0 Å². The van der Waals surface area contributed by atoms with E-state index in [1.165, 1.54) is 18.3 Å². The van der Waals surface area contributed by atoms with Crippen molar-refractivity contribution in [2.24, 2.45) is 0 Å². The monoisotopic (exact) mass is 431 g/mol. The van der Waals surface area contributed by atoms with Crippen LogP contribution in [0.15, 0.2) is 78.9 Å². The molecule has 0 fully saturated rings. The molecule has 0 aliphatic carbocycles. The van der Waals surface area contributed by atoms with Gasteiger partial charge in [0, 0.05) is 19.9 Å². The molecule has 1 aromatic heterocycles. The molecule has 0 saturated carbocycles. The number of fused-ring (bicyclic) bond motifs is 1. The summed E-state index contributed by atoms with van der Waals surface area (Å²) in [5.74, 6) is 1.10. The number of carbonyl (C=O) groups excluding carboxylic acids is 2. The fourth-order valence-corrected chi connectivity index (χ4v) is 4.07. The quantitative estimate of drug-likeness (QED) is 0.432. The Bertz CT molecular complexity index is 1160. The predicted octanol–water partition coefficient (Wildman–Crippen LogP) is 5.28. The summed E-state index contributed by atoms with van der Waals surface area (Å²) in [7, 11) is 0. The van der Waals surface area contributed by atoms with E-state index in [-0.39, 0.29) is 24.8 Å². The molecule has 1 N–H and O–H groups in total. The van der Waals surface area contributed by atoms with Gasteiger partial charge in [0.1, 0.15) is 11.5 Å². The lowest BCUT2D eigenvalue weighted by Crippen LogP contribution is -2.30. The first-order chi connectivity index (χ1) is 15.1. The fourth-order valence-electron chi connectivity index (χ4n) is 3.06. The molecule has 31 heavy (non-hydrogen) atoms. The maximum atomic E-state index is 13.1. The van der Waals surface area contributed by atoms with E-state index in [9.17, 15) is 9.59 Å². The van der Waals surface area contributed by atoms with Crippen LogP contribution >= 0.6 is 11.3 Å². The number of nitrogens with zero attached hydrogens (tertiary/aromatic N) is 2. The summed E-state index contributed by atoms with van der Waals surface area (Å²) in [6, 6.07) is 24.6. The van der Waals surface area contributed by atoms with Crippen LogP contribution in [-0.2, 0) is 9.59 Å². The second-order valence-corrected chi connectivity index (χ2v) is 7.84. The lowest BCUT2D eigenvalue weighted by molar-refractivity contribution is -0.119. The molecule has 1 heterocycles. The molecule has 4 rings (SSSR count). The largest absolute Gasteiger partial charge is 0.457 e. The summed E-state index contributed by atoms with van der Waals surface area (Å²) in [5, 5.41) is 3.26. The minimum Gasteiger partial charge on any atom is -0.457 e. The van der Waals surface area contributed by atoms with E-state index >= 15 is 0 Å². The smallest absolute Gasteiger partial charge is 0.235 e. The van der Waals surface area contributed by atoms with Crippen molar-refractivity contribution in [1.82, 2.24) is 10.3 Å². The van der Waals surface area contributed by atoms with Crippen molar-refractivity contribution in [3.8, 4) is 11.5 Å². The summed E-state index contributed by atoms with van der Waals surface area (Å²) in [4.78, 5) is 30.5. The Hall–Kier alpha value is -3.71. The molecule has 0 bridgehead atoms. The summed E-state index contributed by atoms with van der Waals surface area (Å²) in [6.45, 7) is 1.70. The highest BCUT2D eigenvalue weighted by Gasteiger charge is 2.21. The number of hydrogen-bond donors (Lipinski definition) is 1. The van der Waals surface area contributed by atoms with E-state index in [2.05, 4.69) is 10.3 Å². The van der Waals surface area contributed by atoms with E-state index in [1.807, 2.05) is 78.9 Å². The van der Waals surface area contributed by atoms with Gasteiger partial charge in [-0.3, -0.25) is 14.5 Å². The summed E-state index contributed by atoms with van der Waals surface area (Å²) in [5.41, 5.74) is 1.53. The van der Waals surface area contributed by atoms with Gasteiger partial charge in [0.15, 0.2) is 5.13 Å². The molecular formula is C24H21N3O3S. The predicted molar refractivity (Wildman–Crippen MR) is 123 cm³/mol. The number of benzene rings is 3. The Kier molecular flexibility index (Phi) is 6.24. The van der Waals surface area contributed by atoms with Gasteiger partial charge in [0.25, 0.3) is 0 Å². The van der Waals surface area contributed by atoms with Gasteiger partial charge in [-0.25, -0.2) is 4.98 Å². The molecule has 0 aliphatic rings. The molecule has 4 aromatic rings. The van der Waals surface area contributed by atoms with Crippen molar-refractivity contribution < 1.29 is 14.3 Å². The van der Waals surface area contributed by atoms with Crippen LogP contribution in [0.4, 0.5) is 10.8 Å². The Morgan fingerprint density at radius 2 is 1.61 bits per heavy atom. The second kappa shape index (κ2) is 9.40. The van der Waals surface area contributed by atoms with E-state index in [4.69, 9.17) is 4.74 Å². The number of ether oxygens (including phenoxy) is 1. The fraction of sp³-hybridized carbons (Fsp3) is 0.125. The van der Waals surface area contributed by atoms with Gasteiger partial charge < -0.3 is 10.1 Å². The Morgan fingerprint density at radius 3 is 2.32 bits per heavy atom. The number of nitrogens with one attached hydrogen (secondary N) is 1. The molecular weight excluding hydrogens is 410 g/mol. The zero-order chi connectivity index (χ0) is 21.6. The van der Waals surface area contributed by atoms with E-state index < -0.39 is 0 Å². The maximum absolute atomic E-state index is 13.1. The zero-order valence-corrected chi connectivity index (χ0v) is 17.8. The zero-order valence-electron chi connectivity index (χ0n) is 16.9. The minimum atomic E-state index is -0.165. The Balaban J connectivity index is 1.61. The SMILES string of the molecule is CC(=O)NCCC(=O)N(c1ccc(Oc2ccccc2)cc1)c1nc2ccccc2s1. The molecule has 156 valence electrons. The standard InChI is InChI=1S/C24H21N3O3S/c1-17(28)25-16-15-23(29)27(24-26-21-9-5-6-10-22(21)31-24)18-11-13-20(14-12-18)30-19-7-3-2-4-8-19/h2-14H,15-16H2,1H3,(H,25,28). The van der Waals surface area contributed by atoms with E-state index in [0.29, 0.717) is 16.6 Å². The van der Waals surface area contributed by atoms with Crippen molar-refractivity contribution in [1.29, 1.82) is 0 Å². The number of rotatable bonds is 7. The Morgan fingerprint density at radius 1 is 0.935 bits per heavy atom. The van der Waals surface area contributed by atoms with Gasteiger partial charge in [-0.2, -0.15) is 0 Å². The van der Waals surface area contributed by atoms with Crippen molar-refractivity contribution in [3.63, 3.8) is 0 Å². The lowest BCUT2D eigenvalue weighted by atomic mass is 10.2. The number of aromatic nitrogens is 1. The summed E-state index contributed by atoms with van der Waals surface area (Å²) < 4.78 is 6.86. The van der Waals surface area contributed by atoms with Crippen LogP contribution in [0.3, 0.4) is 0 Å². The van der Waals surface area contributed by atoms with Gasteiger partial charge in [0.2, 0.25) is 11.8 Å². The van der Waals surface area contributed by atoms with Crippen molar-refractivity contribution >= 4 is 44.2 Å². The van der Waals surface area contributed by atoms with Gasteiger partial charge in [-0.1, -0.05) is 41.7 Å². The van der Waals surface area contributed by atoms with Gasteiger partial charge in [-0.05, 0) is 48.5 Å². The topological polar surface area (TPSA) is 71.5 Å². The first kappa shape index (κ1) is 20.6. The number of carbonyl (C=O) groups is 2. The van der Waals surface area contributed by atoms with Crippen molar-refractivity contribution in [3.05, 3.63) is 78.9 Å². The highest BCUT2D eigenvalue weighted by atomic mass is 32.1. The van der Waals surface area contributed by atoms with Gasteiger partial charge in [-0.15, -0.1) is 0 Å². The summed E-state index contributed by atoms with van der Waals surface area (Å²) in [6.07, 6.45) is 0.164. The molecule has 0 saturated heterocycles. The number of para-hydroxylation sites is 2. The molecule has 0 radical (unpaired) electrons. The third-order valence-electron chi connectivity index (χ3n) is 4.51. The van der Waals surface area contributed by atoms with Crippen LogP contribution in [0.5, 0.6) is 11.5 Å².